The van der Waals surface area contributed by atoms with E-state index in [2.05, 4.69) is 33.7 Å². The van der Waals surface area contributed by atoms with Crippen LogP contribution in [0.2, 0.25) is 0 Å². The van der Waals surface area contributed by atoms with Gasteiger partial charge in [-0.15, -0.1) is 0 Å². The third-order valence-corrected chi connectivity index (χ3v) is 4.19. The fraction of sp³-hybridized carbons (Fsp3) is 0.733. The lowest BCUT2D eigenvalue weighted by atomic mass is 10.0. The van der Waals surface area contributed by atoms with Gasteiger partial charge in [0.25, 0.3) is 0 Å². The van der Waals surface area contributed by atoms with Gasteiger partial charge in [0.2, 0.25) is 5.95 Å². The second-order valence-electron chi connectivity index (χ2n) is 6.04. The Balaban J connectivity index is 2.16. The van der Waals surface area contributed by atoms with Crippen molar-refractivity contribution in [2.75, 3.05) is 49.6 Å². The van der Waals surface area contributed by atoms with Crippen molar-refractivity contribution in [3.63, 3.8) is 0 Å². The summed E-state index contributed by atoms with van der Waals surface area (Å²) >= 11 is 0. The molecule has 1 aromatic rings. The molecule has 1 atom stereocenters. The lowest BCUT2D eigenvalue weighted by Gasteiger charge is -2.34. The van der Waals surface area contributed by atoms with Crippen LogP contribution in [0.3, 0.4) is 0 Å². The van der Waals surface area contributed by atoms with Crippen LogP contribution in [0, 0.1) is 0 Å². The summed E-state index contributed by atoms with van der Waals surface area (Å²) in [6, 6.07) is 0. The quantitative estimate of drug-likeness (QED) is 0.702. The molecule has 0 amide bonds. The van der Waals surface area contributed by atoms with Crippen LogP contribution in [-0.2, 0) is 6.42 Å². The molecule has 1 aromatic heterocycles. The summed E-state index contributed by atoms with van der Waals surface area (Å²) in [5, 5.41) is 9.97. The number of likely N-dealkylation sites (N-methyl/N-ethyl adjacent to an activating group) is 1. The molecule has 124 valence electrons. The van der Waals surface area contributed by atoms with E-state index in [0.29, 0.717) is 18.7 Å². The van der Waals surface area contributed by atoms with Crippen LogP contribution in [0.5, 0.6) is 0 Å². The standard InChI is InChI=1S/C15H28N6O/c1-3-4-11(22)5-6-12-13(16)18-15(17)19-14(12)21-9-7-20(2)8-10-21/h11,22H,3-10H2,1-2H3,(H4,16,17,18,19). The van der Waals surface area contributed by atoms with Gasteiger partial charge in [-0.3, -0.25) is 0 Å². The number of aromatic nitrogens is 2. The first kappa shape index (κ1) is 16.8. The number of nitrogens with zero attached hydrogens (tertiary/aromatic N) is 4. The van der Waals surface area contributed by atoms with Gasteiger partial charge in [-0.25, -0.2) is 0 Å². The molecular formula is C15H28N6O. The number of hydrogen-bond acceptors (Lipinski definition) is 7. The molecular weight excluding hydrogens is 280 g/mol. The van der Waals surface area contributed by atoms with Crippen molar-refractivity contribution in [3.8, 4) is 0 Å². The van der Waals surface area contributed by atoms with Gasteiger partial charge >= 0.3 is 0 Å². The molecule has 0 aromatic carbocycles. The smallest absolute Gasteiger partial charge is 0.223 e. The molecule has 1 unspecified atom stereocenters. The maximum absolute atomic E-state index is 9.97. The number of aliphatic hydroxyl groups is 1. The van der Waals surface area contributed by atoms with Crippen molar-refractivity contribution in [1.29, 1.82) is 0 Å². The summed E-state index contributed by atoms with van der Waals surface area (Å²) in [5.41, 5.74) is 12.8. The summed E-state index contributed by atoms with van der Waals surface area (Å²) in [5.74, 6) is 1.48. The van der Waals surface area contributed by atoms with Crippen molar-refractivity contribution in [3.05, 3.63) is 5.56 Å². The number of rotatable bonds is 6. The predicted octanol–water partition coefficient (Wildman–Crippen LogP) is 0.486. The van der Waals surface area contributed by atoms with Gasteiger partial charge in [0.05, 0.1) is 6.10 Å². The molecule has 1 aliphatic rings. The van der Waals surface area contributed by atoms with Crippen molar-refractivity contribution in [2.45, 2.75) is 38.7 Å². The van der Waals surface area contributed by atoms with Crippen LogP contribution < -0.4 is 16.4 Å². The van der Waals surface area contributed by atoms with Gasteiger partial charge in [0, 0.05) is 31.7 Å². The zero-order chi connectivity index (χ0) is 16.1. The highest BCUT2D eigenvalue weighted by Crippen LogP contribution is 2.26. The van der Waals surface area contributed by atoms with Crippen LogP contribution in [-0.4, -0.2) is 59.3 Å². The summed E-state index contributed by atoms with van der Waals surface area (Å²) in [6.07, 6.45) is 2.82. The molecule has 1 aliphatic heterocycles. The molecule has 1 fully saturated rings. The van der Waals surface area contributed by atoms with Gasteiger partial charge in [-0.1, -0.05) is 13.3 Å². The third kappa shape index (κ3) is 4.20. The van der Waals surface area contributed by atoms with E-state index in [0.717, 1.165) is 50.4 Å². The highest BCUT2D eigenvalue weighted by molar-refractivity contribution is 5.60. The van der Waals surface area contributed by atoms with E-state index >= 15 is 0 Å². The highest BCUT2D eigenvalue weighted by atomic mass is 16.3. The average molecular weight is 308 g/mol. The molecule has 0 spiro atoms. The van der Waals surface area contributed by atoms with Crippen LogP contribution in [0.25, 0.3) is 0 Å². The Kier molecular flexibility index (Phi) is 5.79. The average Bonchev–Trinajstić information content (AvgIpc) is 2.46. The fourth-order valence-corrected chi connectivity index (χ4v) is 2.81. The molecule has 1 saturated heterocycles. The normalized spacial score (nSPS) is 17.7. The number of nitrogen functional groups attached to an aromatic ring is 2. The largest absolute Gasteiger partial charge is 0.393 e. The zero-order valence-electron chi connectivity index (χ0n) is 13.6. The molecule has 0 aliphatic carbocycles. The van der Waals surface area contributed by atoms with E-state index in [-0.39, 0.29) is 12.1 Å². The van der Waals surface area contributed by atoms with E-state index in [1.165, 1.54) is 0 Å². The highest BCUT2D eigenvalue weighted by Gasteiger charge is 2.21. The minimum absolute atomic E-state index is 0.212. The zero-order valence-corrected chi connectivity index (χ0v) is 13.6. The SMILES string of the molecule is CCCC(O)CCc1c(N)nc(N)nc1N1CCN(C)CC1. The fourth-order valence-electron chi connectivity index (χ4n) is 2.81. The number of anilines is 3. The lowest BCUT2D eigenvalue weighted by molar-refractivity contribution is 0.154. The monoisotopic (exact) mass is 308 g/mol. The summed E-state index contributed by atoms with van der Waals surface area (Å²) in [6.45, 7) is 5.84. The van der Waals surface area contributed by atoms with E-state index in [9.17, 15) is 5.11 Å². The summed E-state index contributed by atoms with van der Waals surface area (Å²) in [4.78, 5) is 13.0. The summed E-state index contributed by atoms with van der Waals surface area (Å²) in [7, 11) is 2.11. The Morgan fingerprint density at radius 2 is 1.82 bits per heavy atom. The minimum atomic E-state index is -0.303. The van der Waals surface area contributed by atoms with E-state index < -0.39 is 0 Å². The van der Waals surface area contributed by atoms with E-state index in [4.69, 9.17) is 11.5 Å². The van der Waals surface area contributed by atoms with Crippen molar-refractivity contribution >= 4 is 17.6 Å². The van der Waals surface area contributed by atoms with Gasteiger partial charge in [-0.2, -0.15) is 9.97 Å². The Labute approximate surface area is 132 Å². The molecule has 22 heavy (non-hydrogen) atoms. The van der Waals surface area contributed by atoms with Crippen LogP contribution in [0.15, 0.2) is 0 Å². The Morgan fingerprint density at radius 1 is 1.14 bits per heavy atom. The molecule has 0 saturated carbocycles. The molecule has 2 rings (SSSR count). The second kappa shape index (κ2) is 7.60. The first-order valence-corrected chi connectivity index (χ1v) is 8.04. The topological polar surface area (TPSA) is 105 Å². The number of aliphatic hydroxyl groups excluding tert-OH is 1. The van der Waals surface area contributed by atoms with E-state index in [1.807, 2.05) is 0 Å². The Hall–Kier alpha value is -1.60. The first-order chi connectivity index (χ1) is 10.5. The van der Waals surface area contributed by atoms with Crippen molar-refractivity contribution in [2.24, 2.45) is 0 Å². The van der Waals surface area contributed by atoms with Crippen molar-refractivity contribution in [1.82, 2.24) is 14.9 Å². The van der Waals surface area contributed by atoms with Gasteiger partial charge < -0.3 is 26.4 Å². The lowest BCUT2D eigenvalue weighted by Crippen LogP contribution is -2.45. The van der Waals surface area contributed by atoms with Crippen molar-refractivity contribution < 1.29 is 5.11 Å². The molecule has 7 heteroatoms. The molecule has 5 N–H and O–H groups in total. The van der Waals surface area contributed by atoms with Crippen LogP contribution >= 0.6 is 0 Å². The van der Waals surface area contributed by atoms with Gasteiger partial charge in [0.1, 0.15) is 11.6 Å². The molecule has 2 heterocycles. The molecule has 0 radical (unpaired) electrons. The van der Waals surface area contributed by atoms with Gasteiger partial charge in [-0.05, 0) is 26.3 Å². The maximum atomic E-state index is 9.97. The molecule has 0 bridgehead atoms. The summed E-state index contributed by atoms with van der Waals surface area (Å²) < 4.78 is 0. The predicted molar refractivity (Wildman–Crippen MR) is 89.8 cm³/mol. The Morgan fingerprint density at radius 3 is 2.45 bits per heavy atom. The van der Waals surface area contributed by atoms with Gasteiger partial charge in [0.15, 0.2) is 0 Å². The first-order valence-electron chi connectivity index (χ1n) is 8.04. The number of piperazine rings is 1. The Bertz CT molecular complexity index is 487. The second-order valence-corrected chi connectivity index (χ2v) is 6.04. The molecule has 7 nitrogen and oxygen atoms in total. The maximum Gasteiger partial charge on any atom is 0.223 e. The number of nitrogens with two attached hydrogens (primary N) is 2. The van der Waals surface area contributed by atoms with Crippen LogP contribution in [0.4, 0.5) is 17.6 Å². The van der Waals surface area contributed by atoms with E-state index in [1.54, 1.807) is 0 Å². The third-order valence-electron chi connectivity index (χ3n) is 4.19. The minimum Gasteiger partial charge on any atom is -0.393 e. The van der Waals surface area contributed by atoms with Crippen LogP contribution in [0.1, 0.15) is 31.7 Å². The number of hydrogen-bond donors (Lipinski definition) is 3.